The van der Waals surface area contributed by atoms with E-state index in [4.69, 9.17) is 9.15 Å². The number of aryl methyl sites for hydroxylation is 1. The number of carbonyl (C=O) groups excluding carboxylic acids is 1. The van der Waals surface area contributed by atoms with Gasteiger partial charge in [-0.25, -0.2) is 0 Å². The third-order valence-corrected chi connectivity index (χ3v) is 5.10. The van der Waals surface area contributed by atoms with Gasteiger partial charge in [0.15, 0.2) is 5.82 Å². The van der Waals surface area contributed by atoms with Crippen LogP contribution in [0.4, 0.5) is 5.82 Å². The molecular weight excluding hydrogens is 320 g/mol. The highest BCUT2D eigenvalue weighted by atomic mass is 16.5. The molecule has 132 valence electrons. The number of ether oxygens (including phenoxy) is 1. The zero-order chi connectivity index (χ0) is 17.2. The summed E-state index contributed by atoms with van der Waals surface area (Å²) < 4.78 is 11.0. The molecule has 0 saturated carbocycles. The maximum absolute atomic E-state index is 12.6. The van der Waals surface area contributed by atoms with Crippen molar-refractivity contribution in [3.8, 4) is 0 Å². The van der Waals surface area contributed by atoms with Crippen molar-refractivity contribution in [2.75, 3.05) is 31.2 Å². The maximum atomic E-state index is 12.6. The number of anilines is 1. The number of hydrogen-bond donors (Lipinski definition) is 1. The summed E-state index contributed by atoms with van der Waals surface area (Å²) in [6.07, 6.45) is 1.61. The number of nitrogens with zero attached hydrogens (tertiary/aromatic N) is 3. The van der Waals surface area contributed by atoms with E-state index in [0.29, 0.717) is 25.7 Å². The fourth-order valence-corrected chi connectivity index (χ4v) is 3.73. The van der Waals surface area contributed by atoms with Gasteiger partial charge in [-0.15, -0.1) is 5.10 Å². The highest BCUT2D eigenvalue weighted by molar-refractivity contribution is 5.79. The van der Waals surface area contributed by atoms with Gasteiger partial charge in [0.05, 0.1) is 37.6 Å². The number of hydrogen-bond acceptors (Lipinski definition) is 6. The van der Waals surface area contributed by atoms with Crippen LogP contribution >= 0.6 is 0 Å². The lowest BCUT2D eigenvalue weighted by Gasteiger charge is -2.31. The molecule has 3 atom stereocenters. The Morgan fingerprint density at radius 3 is 2.96 bits per heavy atom. The second kappa shape index (κ2) is 6.84. The Morgan fingerprint density at radius 2 is 2.20 bits per heavy atom. The fourth-order valence-electron chi connectivity index (χ4n) is 3.73. The Balaban J connectivity index is 1.42. The summed E-state index contributed by atoms with van der Waals surface area (Å²) in [7, 11) is 0. The Kier molecular flexibility index (Phi) is 4.40. The predicted molar refractivity (Wildman–Crippen MR) is 90.8 cm³/mol. The lowest BCUT2D eigenvalue weighted by atomic mass is 9.82. The summed E-state index contributed by atoms with van der Waals surface area (Å²) in [6.45, 7) is 5.16. The molecule has 1 amide bonds. The van der Waals surface area contributed by atoms with E-state index < -0.39 is 0 Å². The van der Waals surface area contributed by atoms with Crippen LogP contribution in [0.15, 0.2) is 34.9 Å². The first-order valence-electron chi connectivity index (χ1n) is 8.64. The van der Waals surface area contributed by atoms with E-state index in [9.17, 15) is 4.79 Å². The predicted octanol–water partition coefficient (Wildman–Crippen LogP) is 1.39. The Hall–Kier alpha value is -2.41. The minimum Gasteiger partial charge on any atom is -0.467 e. The van der Waals surface area contributed by atoms with Gasteiger partial charge < -0.3 is 19.4 Å². The summed E-state index contributed by atoms with van der Waals surface area (Å²) in [5.74, 6) is 2.13. The quantitative estimate of drug-likeness (QED) is 0.904. The molecule has 2 aliphatic rings. The summed E-state index contributed by atoms with van der Waals surface area (Å²) >= 11 is 0. The molecule has 0 unspecified atom stereocenters. The van der Waals surface area contributed by atoms with Crippen molar-refractivity contribution in [3.05, 3.63) is 42.0 Å². The summed E-state index contributed by atoms with van der Waals surface area (Å²) in [4.78, 5) is 14.9. The van der Waals surface area contributed by atoms with Crippen molar-refractivity contribution < 1.29 is 13.9 Å². The third-order valence-electron chi connectivity index (χ3n) is 5.10. The first kappa shape index (κ1) is 16.1. The third kappa shape index (κ3) is 3.37. The monoisotopic (exact) mass is 342 g/mol. The van der Waals surface area contributed by atoms with E-state index in [0.717, 1.165) is 30.4 Å². The molecular formula is C18H22N4O3. The standard InChI is InChI=1S/C18H22N4O3/c1-12-4-5-17(21-20-12)22-8-13-10-24-11-16(15(13)9-22)18(23)19-7-14-3-2-6-25-14/h2-6,13,15-16H,7-11H2,1H3,(H,19,23)/t13-,15-,16-/m1/s1. The van der Waals surface area contributed by atoms with Crippen molar-refractivity contribution in [2.45, 2.75) is 13.5 Å². The van der Waals surface area contributed by atoms with Gasteiger partial charge in [-0.1, -0.05) is 0 Å². The van der Waals surface area contributed by atoms with Crippen molar-refractivity contribution in [3.63, 3.8) is 0 Å². The molecule has 2 saturated heterocycles. The van der Waals surface area contributed by atoms with Crippen molar-refractivity contribution >= 4 is 11.7 Å². The summed E-state index contributed by atoms with van der Waals surface area (Å²) in [5.41, 5.74) is 0.902. The number of nitrogens with one attached hydrogen (secondary N) is 1. The second-order valence-corrected chi connectivity index (χ2v) is 6.80. The lowest BCUT2D eigenvalue weighted by Crippen LogP contribution is -2.44. The smallest absolute Gasteiger partial charge is 0.226 e. The number of carbonyl (C=O) groups is 1. The van der Waals surface area contributed by atoms with E-state index >= 15 is 0 Å². The van der Waals surface area contributed by atoms with Crippen LogP contribution in [0.25, 0.3) is 0 Å². The van der Waals surface area contributed by atoms with Gasteiger partial charge in [0.25, 0.3) is 0 Å². The van der Waals surface area contributed by atoms with E-state index in [1.165, 1.54) is 0 Å². The van der Waals surface area contributed by atoms with Crippen LogP contribution < -0.4 is 10.2 Å². The van der Waals surface area contributed by atoms with Gasteiger partial charge in [0, 0.05) is 19.0 Å². The van der Waals surface area contributed by atoms with E-state index in [1.807, 2.05) is 31.2 Å². The lowest BCUT2D eigenvalue weighted by molar-refractivity contribution is -0.133. The molecule has 7 nitrogen and oxygen atoms in total. The normalized spacial score (nSPS) is 25.6. The minimum absolute atomic E-state index is 0.0305. The van der Waals surface area contributed by atoms with E-state index in [-0.39, 0.29) is 17.7 Å². The first-order valence-corrected chi connectivity index (χ1v) is 8.64. The van der Waals surface area contributed by atoms with Crippen LogP contribution in [0.1, 0.15) is 11.5 Å². The van der Waals surface area contributed by atoms with Gasteiger partial charge >= 0.3 is 0 Å². The van der Waals surface area contributed by atoms with Gasteiger partial charge in [-0.05, 0) is 37.1 Å². The average molecular weight is 342 g/mol. The molecule has 0 spiro atoms. The molecule has 7 heteroatoms. The molecule has 4 rings (SSSR count). The van der Waals surface area contributed by atoms with Crippen LogP contribution in [0.5, 0.6) is 0 Å². The molecule has 0 aliphatic carbocycles. The van der Waals surface area contributed by atoms with Crippen LogP contribution in [0, 0.1) is 24.7 Å². The molecule has 0 bridgehead atoms. The van der Waals surface area contributed by atoms with E-state index in [2.05, 4.69) is 20.4 Å². The largest absolute Gasteiger partial charge is 0.467 e. The summed E-state index contributed by atoms with van der Waals surface area (Å²) in [5, 5.41) is 11.4. The number of fused-ring (bicyclic) bond motifs is 1. The first-order chi connectivity index (χ1) is 12.2. The molecule has 4 heterocycles. The highest BCUT2D eigenvalue weighted by Gasteiger charge is 2.44. The Bertz CT molecular complexity index is 716. The van der Waals surface area contributed by atoms with E-state index in [1.54, 1.807) is 6.26 Å². The topological polar surface area (TPSA) is 80.5 Å². The second-order valence-electron chi connectivity index (χ2n) is 6.80. The summed E-state index contributed by atoms with van der Waals surface area (Å²) in [6, 6.07) is 7.63. The van der Waals surface area contributed by atoms with Gasteiger partial charge in [0.2, 0.25) is 5.91 Å². The average Bonchev–Trinajstić information content (AvgIpc) is 3.29. The SMILES string of the molecule is Cc1ccc(N2C[C@@H]3COC[C@@H](C(=O)NCc4ccco4)[C@@H]3C2)nn1. The molecule has 0 radical (unpaired) electrons. The van der Waals surface area contributed by atoms with Gasteiger partial charge in [0.1, 0.15) is 5.76 Å². The van der Waals surface area contributed by atoms with Crippen molar-refractivity contribution in [1.29, 1.82) is 0 Å². The number of aromatic nitrogens is 2. The van der Waals surface area contributed by atoms with Gasteiger partial charge in [-0.2, -0.15) is 5.10 Å². The van der Waals surface area contributed by atoms with Gasteiger partial charge in [-0.3, -0.25) is 4.79 Å². The highest BCUT2D eigenvalue weighted by Crippen LogP contribution is 2.35. The van der Waals surface area contributed by atoms with Crippen LogP contribution in [0.3, 0.4) is 0 Å². The number of furan rings is 1. The van der Waals surface area contributed by atoms with Crippen LogP contribution in [0.2, 0.25) is 0 Å². The van der Waals surface area contributed by atoms with Crippen molar-refractivity contribution in [2.24, 2.45) is 17.8 Å². The van der Waals surface area contributed by atoms with Crippen LogP contribution in [-0.2, 0) is 16.1 Å². The van der Waals surface area contributed by atoms with Crippen LogP contribution in [-0.4, -0.2) is 42.4 Å². The Labute approximate surface area is 146 Å². The Morgan fingerprint density at radius 1 is 1.28 bits per heavy atom. The molecule has 1 N–H and O–H groups in total. The van der Waals surface area contributed by atoms with Crippen molar-refractivity contribution in [1.82, 2.24) is 15.5 Å². The molecule has 2 aromatic rings. The fraction of sp³-hybridized carbons (Fsp3) is 0.500. The zero-order valence-electron chi connectivity index (χ0n) is 14.2. The molecule has 0 aromatic carbocycles. The number of rotatable bonds is 4. The maximum Gasteiger partial charge on any atom is 0.226 e. The molecule has 2 aromatic heterocycles. The zero-order valence-corrected chi connectivity index (χ0v) is 14.2. The number of amides is 1. The minimum atomic E-state index is -0.142. The molecule has 2 aliphatic heterocycles. The molecule has 25 heavy (non-hydrogen) atoms. The molecule has 2 fully saturated rings.